The Labute approximate surface area is 147 Å². The van der Waals surface area contributed by atoms with Gasteiger partial charge in [0.2, 0.25) is 5.60 Å². The molecule has 0 unspecified atom stereocenters. The molecule has 0 aromatic heterocycles. The second-order valence-corrected chi connectivity index (χ2v) is 6.19. The maximum absolute atomic E-state index is 12.5. The van der Waals surface area contributed by atoms with Crippen LogP contribution in [0.15, 0.2) is 0 Å². The second-order valence-electron chi connectivity index (χ2n) is 6.19. The molecule has 0 aromatic rings. The largest absolute Gasteiger partial charge is 0.394 e. The molecule has 0 bridgehead atoms. The lowest BCUT2D eigenvalue weighted by Gasteiger charge is -2.44. The van der Waals surface area contributed by atoms with Crippen LogP contribution in [-0.4, -0.2) is 72.9 Å². The average Bonchev–Trinajstić information content (AvgIpc) is 2.59. The van der Waals surface area contributed by atoms with E-state index >= 15 is 0 Å². The number of hydrogen-bond donors (Lipinski definition) is 5. The number of rotatable bonds is 13. The molecule has 0 aromatic carbocycles. The molecule has 0 aliphatic heterocycles. The monoisotopic (exact) mass is 362 g/mol. The fraction of sp³-hybridized carbons (Fsp3) is 0.824. The van der Waals surface area contributed by atoms with Gasteiger partial charge in [0.05, 0.1) is 6.61 Å². The molecule has 5 N–H and O–H groups in total. The van der Waals surface area contributed by atoms with E-state index in [1.807, 2.05) is 0 Å². The Morgan fingerprint density at radius 1 is 0.800 bits per heavy atom. The van der Waals surface area contributed by atoms with E-state index in [1.165, 1.54) is 0 Å². The Kier molecular flexibility index (Phi) is 9.60. The summed E-state index contributed by atoms with van der Waals surface area (Å²) in [4.78, 5) is 37.6. The Morgan fingerprint density at radius 2 is 1.16 bits per heavy atom. The lowest BCUT2D eigenvalue weighted by atomic mass is 9.67. The predicted molar refractivity (Wildman–Crippen MR) is 88.7 cm³/mol. The SMILES string of the molecule is CCCC(=O)C(O)(C(=O)CCC)[C@@](O)(C(=O)CCC)[C@@H](O)[C@H](O)CO. The zero-order valence-electron chi connectivity index (χ0n) is 15.1. The Bertz CT molecular complexity index is 457. The molecule has 0 radical (unpaired) electrons. The summed E-state index contributed by atoms with van der Waals surface area (Å²) in [7, 11) is 0. The van der Waals surface area contributed by atoms with Gasteiger partial charge in [0.25, 0.3) is 0 Å². The van der Waals surface area contributed by atoms with Crippen molar-refractivity contribution in [1.82, 2.24) is 0 Å². The Balaban J connectivity index is 6.47. The number of ketones is 3. The quantitative estimate of drug-likeness (QED) is 0.269. The minimum Gasteiger partial charge on any atom is -0.394 e. The summed E-state index contributed by atoms with van der Waals surface area (Å²) in [6.07, 6.45) is -4.72. The van der Waals surface area contributed by atoms with Crippen LogP contribution in [0, 0.1) is 0 Å². The van der Waals surface area contributed by atoms with Crippen molar-refractivity contribution in [2.24, 2.45) is 0 Å². The van der Waals surface area contributed by atoms with Gasteiger partial charge < -0.3 is 25.5 Å². The third-order valence-corrected chi connectivity index (χ3v) is 4.19. The highest BCUT2D eigenvalue weighted by molar-refractivity contribution is 6.16. The number of aliphatic hydroxyl groups excluding tert-OH is 3. The summed E-state index contributed by atoms with van der Waals surface area (Å²) >= 11 is 0. The summed E-state index contributed by atoms with van der Waals surface area (Å²) in [6, 6.07) is 0. The highest BCUT2D eigenvalue weighted by Crippen LogP contribution is 2.35. The predicted octanol–water partition coefficient (Wildman–Crippen LogP) is -0.730. The van der Waals surface area contributed by atoms with Crippen LogP contribution in [0.5, 0.6) is 0 Å². The minimum atomic E-state index is -3.25. The smallest absolute Gasteiger partial charge is 0.220 e. The van der Waals surface area contributed by atoms with Crippen molar-refractivity contribution in [1.29, 1.82) is 0 Å². The van der Waals surface area contributed by atoms with E-state index in [2.05, 4.69) is 0 Å². The molecule has 0 heterocycles. The van der Waals surface area contributed by atoms with E-state index in [9.17, 15) is 34.8 Å². The topological polar surface area (TPSA) is 152 Å². The van der Waals surface area contributed by atoms with Gasteiger partial charge in [-0.05, 0) is 19.3 Å². The number of hydrogen-bond acceptors (Lipinski definition) is 8. The zero-order chi connectivity index (χ0) is 19.8. The second kappa shape index (κ2) is 10.1. The van der Waals surface area contributed by atoms with Crippen LogP contribution < -0.4 is 0 Å². The molecular formula is C17H30O8. The fourth-order valence-corrected chi connectivity index (χ4v) is 2.77. The summed E-state index contributed by atoms with van der Waals surface area (Å²) in [5, 5.41) is 50.9. The number of carbonyl (C=O) groups excluding carboxylic acids is 3. The van der Waals surface area contributed by atoms with Crippen LogP contribution in [0.2, 0.25) is 0 Å². The highest BCUT2D eigenvalue weighted by Gasteiger charge is 2.66. The van der Waals surface area contributed by atoms with Crippen LogP contribution in [-0.2, 0) is 14.4 Å². The van der Waals surface area contributed by atoms with Gasteiger partial charge in [-0.3, -0.25) is 14.4 Å². The maximum atomic E-state index is 12.5. The van der Waals surface area contributed by atoms with Crippen LogP contribution in [0.4, 0.5) is 0 Å². The molecule has 0 amide bonds. The van der Waals surface area contributed by atoms with E-state index in [-0.39, 0.29) is 38.5 Å². The van der Waals surface area contributed by atoms with Crippen molar-refractivity contribution in [2.45, 2.75) is 82.7 Å². The van der Waals surface area contributed by atoms with E-state index in [0.717, 1.165) is 0 Å². The first-order chi connectivity index (χ1) is 11.6. The van der Waals surface area contributed by atoms with Crippen molar-refractivity contribution in [3.05, 3.63) is 0 Å². The van der Waals surface area contributed by atoms with Crippen molar-refractivity contribution in [3.63, 3.8) is 0 Å². The first-order valence-corrected chi connectivity index (χ1v) is 8.60. The summed E-state index contributed by atoms with van der Waals surface area (Å²) in [5.41, 5.74) is -6.44. The first kappa shape index (κ1) is 23.8. The van der Waals surface area contributed by atoms with Gasteiger partial charge in [0.15, 0.2) is 23.0 Å². The van der Waals surface area contributed by atoms with Crippen molar-refractivity contribution < 1.29 is 39.9 Å². The molecule has 0 fully saturated rings. The third-order valence-electron chi connectivity index (χ3n) is 4.19. The zero-order valence-corrected chi connectivity index (χ0v) is 15.1. The van der Waals surface area contributed by atoms with Crippen LogP contribution in [0.25, 0.3) is 0 Å². The van der Waals surface area contributed by atoms with Gasteiger partial charge in [-0.2, -0.15) is 0 Å². The van der Waals surface area contributed by atoms with Crippen LogP contribution >= 0.6 is 0 Å². The maximum Gasteiger partial charge on any atom is 0.220 e. The third kappa shape index (κ3) is 4.51. The molecule has 0 saturated carbocycles. The molecule has 0 saturated heterocycles. The summed E-state index contributed by atoms with van der Waals surface area (Å²) in [5.74, 6) is -3.36. The lowest BCUT2D eigenvalue weighted by molar-refractivity contribution is -0.219. The number of carbonyl (C=O) groups is 3. The molecule has 0 aliphatic carbocycles. The molecule has 0 aliphatic rings. The molecular weight excluding hydrogens is 332 g/mol. The molecule has 146 valence electrons. The van der Waals surface area contributed by atoms with Gasteiger partial charge in [0.1, 0.15) is 12.2 Å². The van der Waals surface area contributed by atoms with E-state index < -0.39 is 47.4 Å². The molecule has 8 heteroatoms. The average molecular weight is 362 g/mol. The fourth-order valence-electron chi connectivity index (χ4n) is 2.77. The van der Waals surface area contributed by atoms with Crippen molar-refractivity contribution in [3.8, 4) is 0 Å². The van der Waals surface area contributed by atoms with Crippen LogP contribution in [0.3, 0.4) is 0 Å². The van der Waals surface area contributed by atoms with Gasteiger partial charge >= 0.3 is 0 Å². The molecule has 0 spiro atoms. The Morgan fingerprint density at radius 3 is 1.48 bits per heavy atom. The normalized spacial score (nSPS) is 16.8. The van der Waals surface area contributed by atoms with Gasteiger partial charge in [-0.25, -0.2) is 0 Å². The molecule has 8 nitrogen and oxygen atoms in total. The van der Waals surface area contributed by atoms with Crippen molar-refractivity contribution in [2.75, 3.05) is 6.61 Å². The van der Waals surface area contributed by atoms with Crippen molar-refractivity contribution >= 4 is 17.3 Å². The van der Waals surface area contributed by atoms with Gasteiger partial charge in [-0.15, -0.1) is 0 Å². The van der Waals surface area contributed by atoms with E-state index in [4.69, 9.17) is 5.11 Å². The van der Waals surface area contributed by atoms with E-state index in [0.29, 0.717) is 0 Å². The molecule has 0 rings (SSSR count). The molecule has 3 atom stereocenters. The first-order valence-electron chi connectivity index (χ1n) is 8.60. The summed E-state index contributed by atoms with van der Waals surface area (Å²) in [6.45, 7) is 3.76. The standard InChI is InChI=1S/C17H30O8/c1-4-7-12(20)16(24,13(21)8-5-2)17(25,14(22)9-6-3)15(23)11(19)10-18/h11,15,18-19,23-25H,4-10H2,1-3H3/t11-,15+,17-/m1/s1. The lowest BCUT2D eigenvalue weighted by Crippen LogP contribution is -2.74. The summed E-state index contributed by atoms with van der Waals surface area (Å²) < 4.78 is 0. The van der Waals surface area contributed by atoms with Gasteiger partial charge in [-0.1, -0.05) is 20.8 Å². The number of Topliss-reactive ketones (excluding diaryl/α,β-unsaturated/α-hetero) is 3. The minimum absolute atomic E-state index is 0.211. The molecule has 25 heavy (non-hydrogen) atoms. The van der Waals surface area contributed by atoms with Crippen LogP contribution in [0.1, 0.15) is 59.3 Å². The number of aliphatic hydroxyl groups is 5. The Hall–Kier alpha value is -1.19. The van der Waals surface area contributed by atoms with E-state index in [1.54, 1.807) is 20.8 Å². The highest BCUT2D eigenvalue weighted by atomic mass is 16.4. The van der Waals surface area contributed by atoms with Gasteiger partial charge in [0, 0.05) is 19.3 Å².